The summed E-state index contributed by atoms with van der Waals surface area (Å²) in [6.07, 6.45) is 0.934. The van der Waals surface area contributed by atoms with Crippen LogP contribution in [0.2, 0.25) is 0 Å². The van der Waals surface area contributed by atoms with Crippen LogP contribution in [0, 0.1) is 0 Å². The van der Waals surface area contributed by atoms with Gasteiger partial charge in [-0.2, -0.15) is 13.2 Å². The number of nitrogens with zero attached hydrogens (tertiary/aromatic N) is 3. The maximum absolute atomic E-state index is 12.9. The average Bonchev–Trinajstić information content (AvgIpc) is 2.63. The van der Waals surface area contributed by atoms with Crippen molar-refractivity contribution in [3.8, 4) is 5.75 Å². The first-order chi connectivity index (χ1) is 12.3. The summed E-state index contributed by atoms with van der Waals surface area (Å²) in [5.41, 5.74) is -0.206. The lowest BCUT2D eigenvalue weighted by Crippen LogP contribution is -2.04. The minimum atomic E-state index is -4.51. The molecule has 1 aromatic carbocycles. The Kier molecular flexibility index (Phi) is 6.05. The van der Waals surface area contributed by atoms with Crippen LogP contribution < -0.4 is 4.74 Å². The molecule has 9 heteroatoms. The van der Waals surface area contributed by atoms with Crippen LogP contribution in [0.15, 0.2) is 53.0 Å². The number of ether oxygens (including phenoxy) is 2. The summed E-state index contributed by atoms with van der Waals surface area (Å²) < 4.78 is 48.1. The van der Waals surface area contributed by atoms with Crippen molar-refractivity contribution in [2.45, 2.75) is 6.18 Å². The smallest absolute Gasteiger partial charge is 0.416 e. The molecule has 0 atom stereocenters. The number of aromatic nitrogens is 1. The van der Waals surface area contributed by atoms with Gasteiger partial charge in [-0.3, -0.25) is 4.98 Å². The molecule has 0 spiro atoms. The molecule has 0 amide bonds. The lowest BCUT2D eigenvalue weighted by molar-refractivity contribution is -0.137. The predicted molar refractivity (Wildman–Crippen MR) is 87.5 cm³/mol. The number of esters is 1. The second-order valence-electron chi connectivity index (χ2n) is 4.88. The summed E-state index contributed by atoms with van der Waals surface area (Å²) in [4.78, 5) is 15.1. The van der Waals surface area contributed by atoms with Gasteiger partial charge >= 0.3 is 12.1 Å². The monoisotopic (exact) mass is 365 g/mol. The second kappa shape index (κ2) is 8.24. The molecule has 0 radical (unpaired) electrons. The van der Waals surface area contributed by atoms with Crippen LogP contribution in [0.1, 0.15) is 11.1 Å². The molecule has 136 valence electrons. The molecule has 0 aliphatic carbocycles. The van der Waals surface area contributed by atoms with Crippen LogP contribution in [0.4, 0.5) is 24.5 Å². The Morgan fingerprint density at radius 2 is 1.88 bits per heavy atom. The Morgan fingerprint density at radius 1 is 1.15 bits per heavy atom. The molecule has 0 saturated heterocycles. The highest BCUT2D eigenvalue weighted by molar-refractivity contribution is 5.87. The Labute approximate surface area is 147 Å². The normalized spacial score (nSPS) is 11.9. The van der Waals surface area contributed by atoms with E-state index >= 15 is 0 Å². The highest BCUT2D eigenvalue weighted by Crippen LogP contribution is 2.37. The van der Waals surface area contributed by atoms with Crippen molar-refractivity contribution in [3.05, 3.63) is 53.9 Å². The predicted octanol–water partition coefficient (Wildman–Crippen LogP) is 4.71. The Bertz CT molecular complexity index is 849. The quantitative estimate of drug-likeness (QED) is 0.437. The maximum atomic E-state index is 12.9. The average molecular weight is 365 g/mol. The molecule has 6 nitrogen and oxygen atoms in total. The fraction of sp³-hybridized carbons (Fsp3) is 0.176. The van der Waals surface area contributed by atoms with E-state index in [1.54, 1.807) is 0 Å². The molecule has 26 heavy (non-hydrogen) atoms. The van der Waals surface area contributed by atoms with Gasteiger partial charge in [0.1, 0.15) is 11.4 Å². The summed E-state index contributed by atoms with van der Waals surface area (Å²) in [6, 6.07) is 4.41. The van der Waals surface area contributed by atoms with E-state index in [1.165, 1.54) is 50.9 Å². The molecule has 0 saturated carbocycles. The number of methoxy groups -OCH3 is 2. The molecule has 2 rings (SSSR count). The van der Waals surface area contributed by atoms with Crippen molar-refractivity contribution in [3.63, 3.8) is 0 Å². The molecule has 0 N–H and O–H groups in total. The van der Waals surface area contributed by atoms with Gasteiger partial charge in [-0.05, 0) is 30.3 Å². The summed E-state index contributed by atoms with van der Waals surface area (Å²) in [7, 11) is 2.55. The number of alkyl halides is 3. The molecule has 1 aromatic heterocycles. The fourth-order valence-electron chi connectivity index (χ4n) is 1.90. The summed E-state index contributed by atoms with van der Waals surface area (Å²) in [5, 5.41) is 7.80. The van der Waals surface area contributed by atoms with Crippen LogP contribution in [0.5, 0.6) is 5.75 Å². The van der Waals surface area contributed by atoms with Crippen molar-refractivity contribution in [1.82, 2.24) is 4.98 Å². The van der Waals surface area contributed by atoms with E-state index in [1.807, 2.05) is 0 Å². The van der Waals surface area contributed by atoms with Gasteiger partial charge in [0, 0.05) is 24.0 Å². The van der Waals surface area contributed by atoms with Gasteiger partial charge in [0.05, 0.1) is 25.5 Å². The lowest BCUT2D eigenvalue weighted by Gasteiger charge is -2.09. The van der Waals surface area contributed by atoms with Crippen LogP contribution in [-0.4, -0.2) is 25.2 Å². The highest BCUT2D eigenvalue weighted by Gasteiger charge is 2.31. The van der Waals surface area contributed by atoms with E-state index < -0.39 is 17.7 Å². The van der Waals surface area contributed by atoms with Crippen molar-refractivity contribution >= 4 is 23.4 Å². The Morgan fingerprint density at radius 3 is 2.54 bits per heavy atom. The molecule has 0 fully saturated rings. The van der Waals surface area contributed by atoms with E-state index in [2.05, 4.69) is 19.9 Å². The topological polar surface area (TPSA) is 73.1 Å². The van der Waals surface area contributed by atoms with Crippen LogP contribution in [-0.2, 0) is 15.7 Å². The van der Waals surface area contributed by atoms with Gasteiger partial charge in [0.2, 0.25) is 0 Å². The first-order valence-corrected chi connectivity index (χ1v) is 7.22. The minimum Gasteiger partial charge on any atom is -0.494 e. The molecule has 1 heterocycles. The molecular weight excluding hydrogens is 351 g/mol. The zero-order valence-electron chi connectivity index (χ0n) is 13.8. The van der Waals surface area contributed by atoms with E-state index in [0.29, 0.717) is 11.3 Å². The number of azo groups is 1. The number of carbonyl (C=O) groups is 1. The zero-order valence-corrected chi connectivity index (χ0v) is 13.8. The molecule has 0 bridgehead atoms. The lowest BCUT2D eigenvalue weighted by atomic mass is 10.2. The van der Waals surface area contributed by atoms with E-state index in [4.69, 9.17) is 4.74 Å². The number of halogens is 3. The van der Waals surface area contributed by atoms with Crippen LogP contribution in [0.25, 0.3) is 6.08 Å². The number of rotatable bonds is 5. The van der Waals surface area contributed by atoms with Gasteiger partial charge in [-0.1, -0.05) is 0 Å². The molecule has 0 aliphatic heterocycles. The third-order valence-corrected chi connectivity index (χ3v) is 3.20. The van der Waals surface area contributed by atoms with Gasteiger partial charge in [-0.15, -0.1) is 10.2 Å². The first kappa shape index (κ1) is 19.1. The van der Waals surface area contributed by atoms with E-state index in [9.17, 15) is 18.0 Å². The second-order valence-corrected chi connectivity index (χ2v) is 4.88. The SMILES string of the molecule is COC(=O)/C=C/c1cnccc1/N=N\c1cc(C(F)(F)F)ccc1OC. The standard InChI is InChI=1S/C17H14F3N3O3/c1-25-15-5-4-12(17(18,19)20)9-14(15)23-22-13-7-8-21-10-11(13)3-6-16(24)26-2/h3-10H,1-2H3/b6-3+,23-22-. The number of hydrogen-bond acceptors (Lipinski definition) is 6. The van der Waals surface area contributed by atoms with Gasteiger partial charge in [-0.25, -0.2) is 4.79 Å². The van der Waals surface area contributed by atoms with Crippen molar-refractivity contribution in [1.29, 1.82) is 0 Å². The highest BCUT2D eigenvalue weighted by atomic mass is 19.4. The maximum Gasteiger partial charge on any atom is 0.416 e. The summed E-state index contributed by atoms with van der Waals surface area (Å²) >= 11 is 0. The first-order valence-electron chi connectivity index (χ1n) is 7.22. The van der Waals surface area contributed by atoms with E-state index in [-0.39, 0.29) is 11.4 Å². The molecular formula is C17H14F3N3O3. The summed E-state index contributed by atoms with van der Waals surface area (Å²) in [6.45, 7) is 0. The van der Waals surface area contributed by atoms with Gasteiger partial charge in [0.15, 0.2) is 0 Å². The minimum absolute atomic E-state index is 0.0814. The summed E-state index contributed by atoms with van der Waals surface area (Å²) in [5.74, 6) is -0.432. The van der Waals surface area contributed by atoms with Gasteiger partial charge in [0.25, 0.3) is 0 Å². The van der Waals surface area contributed by atoms with Crippen LogP contribution in [0.3, 0.4) is 0 Å². The van der Waals surface area contributed by atoms with Crippen molar-refractivity contribution < 1.29 is 27.4 Å². The zero-order chi connectivity index (χ0) is 19.2. The molecule has 0 aliphatic rings. The van der Waals surface area contributed by atoms with Crippen molar-refractivity contribution in [2.24, 2.45) is 10.2 Å². The number of carbonyl (C=O) groups excluding carboxylic acids is 1. The van der Waals surface area contributed by atoms with Crippen molar-refractivity contribution in [2.75, 3.05) is 14.2 Å². The number of hydrogen-bond donors (Lipinski definition) is 0. The Hall–Kier alpha value is -3.23. The number of pyridine rings is 1. The van der Waals surface area contributed by atoms with Gasteiger partial charge < -0.3 is 9.47 Å². The van der Waals surface area contributed by atoms with E-state index in [0.717, 1.165) is 12.1 Å². The Balaban J connectivity index is 2.38. The largest absolute Gasteiger partial charge is 0.494 e. The fourth-order valence-corrected chi connectivity index (χ4v) is 1.90. The third-order valence-electron chi connectivity index (χ3n) is 3.20. The van der Waals surface area contributed by atoms with Crippen LogP contribution >= 0.6 is 0 Å². The molecule has 0 unspecified atom stereocenters. The third kappa shape index (κ3) is 4.88. The number of benzene rings is 1. The molecule has 2 aromatic rings.